The first kappa shape index (κ1) is 16.3. The number of hydrogen-bond donors (Lipinski definition) is 2. The van der Waals surface area contributed by atoms with Gasteiger partial charge in [0, 0.05) is 36.7 Å². The summed E-state index contributed by atoms with van der Waals surface area (Å²) >= 11 is 0. The highest BCUT2D eigenvalue weighted by atomic mass is 16.1. The predicted octanol–water partition coefficient (Wildman–Crippen LogP) is 2.75. The summed E-state index contributed by atoms with van der Waals surface area (Å²) in [6, 6.07) is 8.26. The highest BCUT2D eigenvalue weighted by molar-refractivity contribution is 5.91. The molecule has 1 saturated heterocycles. The molecule has 6 heteroatoms. The molecule has 25 heavy (non-hydrogen) atoms. The molecule has 0 bridgehead atoms. The maximum absolute atomic E-state index is 12.3. The lowest BCUT2D eigenvalue weighted by Crippen LogP contribution is -2.27. The Labute approximate surface area is 148 Å². The Bertz CT molecular complexity index is 748. The molecule has 0 spiro atoms. The number of carbonyl (C=O) groups is 1. The molecule has 2 aromatic rings. The van der Waals surface area contributed by atoms with Crippen LogP contribution in [0, 0.1) is 0 Å². The Hall–Kier alpha value is -2.21. The number of rotatable bonds is 4. The Morgan fingerprint density at radius 3 is 3.08 bits per heavy atom. The van der Waals surface area contributed by atoms with E-state index in [1.807, 2.05) is 24.3 Å². The summed E-state index contributed by atoms with van der Waals surface area (Å²) in [7, 11) is 0. The average molecular weight is 339 g/mol. The second-order valence-corrected chi connectivity index (χ2v) is 7.03. The van der Waals surface area contributed by atoms with Crippen LogP contribution in [-0.4, -0.2) is 33.3 Å². The van der Waals surface area contributed by atoms with Crippen molar-refractivity contribution in [1.82, 2.24) is 20.1 Å². The monoisotopic (exact) mass is 339 g/mol. The molecule has 132 valence electrons. The zero-order valence-corrected chi connectivity index (χ0v) is 14.5. The number of nitrogens with one attached hydrogen (secondary N) is 2. The van der Waals surface area contributed by atoms with Gasteiger partial charge < -0.3 is 15.2 Å². The first-order valence-corrected chi connectivity index (χ1v) is 9.35. The van der Waals surface area contributed by atoms with Crippen LogP contribution >= 0.6 is 0 Å². The third-order valence-electron chi connectivity index (χ3n) is 5.11. The van der Waals surface area contributed by atoms with Gasteiger partial charge in [-0.3, -0.25) is 4.79 Å². The first-order valence-electron chi connectivity index (χ1n) is 9.35. The summed E-state index contributed by atoms with van der Waals surface area (Å²) in [5.74, 6) is 2.05. The number of aryl methyl sites for hydroxylation is 1. The summed E-state index contributed by atoms with van der Waals surface area (Å²) in [6.45, 7) is 1.99. The number of benzene rings is 1. The van der Waals surface area contributed by atoms with Crippen LogP contribution in [0.15, 0.2) is 24.3 Å². The van der Waals surface area contributed by atoms with Crippen LogP contribution in [0.2, 0.25) is 0 Å². The van der Waals surface area contributed by atoms with E-state index in [4.69, 9.17) is 0 Å². The standard InChI is InChI=1S/C19H25N5O/c25-18(13-15-8-5-10-20-15)21-16-7-4-6-14(12-16)19-23-22-17-9-2-1-3-11-24(17)19/h4,6-7,12,15,20H,1-3,5,8-11,13H2,(H,21,25). The van der Waals surface area contributed by atoms with Gasteiger partial charge in [-0.05, 0) is 44.4 Å². The number of carbonyl (C=O) groups excluding carboxylic acids is 1. The second kappa shape index (κ2) is 7.35. The van der Waals surface area contributed by atoms with Gasteiger partial charge in [-0.25, -0.2) is 0 Å². The topological polar surface area (TPSA) is 71.8 Å². The van der Waals surface area contributed by atoms with Crippen LogP contribution in [0.4, 0.5) is 5.69 Å². The van der Waals surface area contributed by atoms with Crippen LogP contribution in [0.25, 0.3) is 11.4 Å². The van der Waals surface area contributed by atoms with Crippen molar-refractivity contribution in [3.05, 3.63) is 30.1 Å². The zero-order chi connectivity index (χ0) is 17.1. The molecule has 2 N–H and O–H groups in total. The minimum absolute atomic E-state index is 0.0663. The van der Waals surface area contributed by atoms with E-state index < -0.39 is 0 Å². The number of nitrogens with zero attached hydrogens (tertiary/aromatic N) is 3. The fourth-order valence-electron chi connectivity index (χ4n) is 3.80. The largest absolute Gasteiger partial charge is 0.326 e. The van der Waals surface area contributed by atoms with Crippen LogP contribution in [-0.2, 0) is 17.8 Å². The molecule has 1 fully saturated rings. The molecule has 0 radical (unpaired) electrons. The van der Waals surface area contributed by atoms with Crippen LogP contribution < -0.4 is 10.6 Å². The Morgan fingerprint density at radius 2 is 2.20 bits per heavy atom. The van der Waals surface area contributed by atoms with E-state index in [9.17, 15) is 4.79 Å². The van der Waals surface area contributed by atoms with E-state index >= 15 is 0 Å². The molecule has 2 aliphatic rings. The lowest BCUT2D eigenvalue weighted by Gasteiger charge is -2.12. The SMILES string of the molecule is O=C(CC1CCCN1)Nc1cccc(-c2nnc3n2CCCCC3)c1. The average Bonchev–Trinajstić information content (AvgIpc) is 3.20. The minimum Gasteiger partial charge on any atom is -0.326 e. The molecule has 4 rings (SSSR count). The predicted molar refractivity (Wildman–Crippen MR) is 97.3 cm³/mol. The second-order valence-electron chi connectivity index (χ2n) is 7.03. The molecule has 0 saturated carbocycles. The molecular formula is C19H25N5O. The van der Waals surface area contributed by atoms with Gasteiger partial charge in [0.15, 0.2) is 5.82 Å². The van der Waals surface area contributed by atoms with E-state index in [0.717, 1.165) is 55.3 Å². The number of anilines is 1. The van der Waals surface area contributed by atoms with Gasteiger partial charge in [0.05, 0.1) is 0 Å². The van der Waals surface area contributed by atoms with Crippen molar-refractivity contribution in [3.63, 3.8) is 0 Å². The summed E-state index contributed by atoms with van der Waals surface area (Å²) < 4.78 is 2.23. The normalized spacial score (nSPS) is 20.1. The molecule has 6 nitrogen and oxygen atoms in total. The maximum Gasteiger partial charge on any atom is 0.225 e. The van der Waals surface area contributed by atoms with Crippen molar-refractivity contribution < 1.29 is 4.79 Å². The number of hydrogen-bond acceptors (Lipinski definition) is 4. The third kappa shape index (κ3) is 3.74. The summed E-state index contributed by atoms with van der Waals surface area (Å²) in [4.78, 5) is 12.3. The summed E-state index contributed by atoms with van der Waals surface area (Å²) in [5, 5.41) is 15.2. The highest BCUT2D eigenvalue weighted by Gasteiger charge is 2.19. The van der Waals surface area contributed by atoms with E-state index in [0.29, 0.717) is 12.5 Å². The van der Waals surface area contributed by atoms with Gasteiger partial charge >= 0.3 is 0 Å². The zero-order valence-electron chi connectivity index (χ0n) is 14.5. The molecule has 1 amide bonds. The van der Waals surface area contributed by atoms with E-state index in [1.165, 1.54) is 19.3 Å². The van der Waals surface area contributed by atoms with E-state index in [1.54, 1.807) is 0 Å². The number of aromatic nitrogens is 3. The van der Waals surface area contributed by atoms with E-state index in [2.05, 4.69) is 25.4 Å². The van der Waals surface area contributed by atoms with Gasteiger partial charge in [0.1, 0.15) is 5.82 Å². The molecule has 1 aromatic heterocycles. The fraction of sp³-hybridized carbons (Fsp3) is 0.526. The third-order valence-corrected chi connectivity index (χ3v) is 5.11. The smallest absolute Gasteiger partial charge is 0.225 e. The maximum atomic E-state index is 12.3. The molecule has 2 aliphatic heterocycles. The van der Waals surface area contributed by atoms with Crippen LogP contribution in [0.3, 0.4) is 0 Å². The molecule has 1 atom stereocenters. The van der Waals surface area contributed by atoms with Gasteiger partial charge in [-0.1, -0.05) is 18.6 Å². The van der Waals surface area contributed by atoms with Crippen molar-refractivity contribution in [1.29, 1.82) is 0 Å². The summed E-state index contributed by atoms with van der Waals surface area (Å²) in [6.07, 6.45) is 7.37. The molecule has 0 aliphatic carbocycles. The lowest BCUT2D eigenvalue weighted by molar-refractivity contribution is -0.116. The van der Waals surface area contributed by atoms with Gasteiger partial charge in [-0.2, -0.15) is 0 Å². The van der Waals surface area contributed by atoms with Crippen molar-refractivity contribution >= 4 is 11.6 Å². The fourth-order valence-corrected chi connectivity index (χ4v) is 3.80. The highest BCUT2D eigenvalue weighted by Crippen LogP contribution is 2.25. The molecule has 3 heterocycles. The van der Waals surface area contributed by atoms with Crippen molar-refractivity contribution in [2.75, 3.05) is 11.9 Å². The Kier molecular flexibility index (Phi) is 4.78. The number of amides is 1. The van der Waals surface area contributed by atoms with Crippen molar-refractivity contribution in [2.45, 2.75) is 57.5 Å². The van der Waals surface area contributed by atoms with Crippen LogP contribution in [0.5, 0.6) is 0 Å². The first-order chi connectivity index (χ1) is 12.3. The Morgan fingerprint density at radius 1 is 1.24 bits per heavy atom. The van der Waals surface area contributed by atoms with Gasteiger partial charge in [-0.15, -0.1) is 10.2 Å². The van der Waals surface area contributed by atoms with Crippen molar-refractivity contribution in [3.8, 4) is 11.4 Å². The van der Waals surface area contributed by atoms with Crippen molar-refractivity contribution in [2.24, 2.45) is 0 Å². The van der Waals surface area contributed by atoms with Crippen LogP contribution in [0.1, 0.15) is 44.3 Å². The minimum atomic E-state index is 0.0663. The van der Waals surface area contributed by atoms with Gasteiger partial charge in [0.25, 0.3) is 0 Å². The lowest BCUT2D eigenvalue weighted by atomic mass is 10.1. The Balaban J connectivity index is 1.50. The molecular weight excluding hydrogens is 314 g/mol. The van der Waals surface area contributed by atoms with Gasteiger partial charge in [0.2, 0.25) is 5.91 Å². The molecule has 1 unspecified atom stereocenters. The van der Waals surface area contributed by atoms with E-state index in [-0.39, 0.29) is 5.91 Å². The number of fused-ring (bicyclic) bond motifs is 1. The molecule has 1 aromatic carbocycles. The quantitative estimate of drug-likeness (QED) is 0.898. The summed E-state index contributed by atoms with van der Waals surface area (Å²) in [5.41, 5.74) is 1.84.